The van der Waals surface area contributed by atoms with Crippen LogP contribution in [0.15, 0.2) is 134 Å². The molecule has 0 fully saturated rings. The fourth-order valence-corrected chi connectivity index (χ4v) is 6.52. The fourth-order valence-electron chi connectivity index (χ4n) is 6.52. The second kappa shape index (κ2) is 53.2. The summed E-state index contributed by atoms with van der Waals surface area (Å²) in [6.07, 6.45) is 74.6. The van der Waals surface area contributed by atoms with Gasteiger partial charge in [-0.3, -0.25) is 14.4 Å². The molecule has 0 aliphatic heterocycles. The van der Waals surface area contributed by atoms with E-state index in [1.807, 2.05) is 6.08 Å². The minimum absolute atomic E-state index is 0.0846. The zero-order valence-corrected chi connectivity index (χ0v) is 42.1. The molecular weight excluding hydrogens is 817 g/mol. The summed E-state index contributed by atoms with van der Waals surface area (Å²) in [4.78, 5) is 38.0. The summed E-state index contributed by atoms with van der Waals surface area (Å²) in [5, 5.41) is 0. The summed E-state index contributed by atoms with van der Waals surface area (Å²) in [5.74, 6) is -1.10. The molecule has 0 aliphatic carbocycles. The van der Waals surface area contributed by atoms with Gasteiger partial charge < -0.3 is 14.2 Å². The van der Waals surface area contributed by atoms with Gasteiger partial charge in [-0.25, -0.2) is 0 Å². The number of rotatable bonds is 45. The van der Waals surface area contributed by atoms with Crippen molar-refractivity contribution in [1.29, 1.82) is 0 Å². The smallest absolute Gasteiger partial charge is 0.310 e. The molecule has 0 spiro atoms. The van der Waals surface area contributed by atoms with E-state index in [0.29, 0.717) is 19.3 Å². The summed E-state index contributed by atoms with van der Waals surface area (Å²) in [6, 6.07) is 0. The predicted octanol–water partition coefficient (Wildman–Crippen LogP) is 17.5. The van der Waals surface area contributed by atoms with Crippen molar-refractivity contribution in [2.75, 3.05) is 13.2 Å². The van der Waals surface area contributed by atoms with Crippen LogP contribution >= 0.6 is 0 Å². The zero-order valence-electron chi connectivity index (χ0n) is 42.1. The van der Waals surface area contributed by atoms with E-state index in [1.54, 1.807) is 6.08 Å². The number of hydrogen-bond donors (Lipinski definition) is 0. The van der Waals surface area contributed by atoms with Gasteiger partial charge in [0.05, 0.1) is 6.42 Å². The van der Waals surface area contributed by atoms with E-state index < -0.39 is 12.1 Å². The normalized spacial score (nSPS) is 13.2. The molecule has 66 heavy (non-hydrogen) atoms. The second-order valence-corrected chi connectivity index (χ2v) is 16.7. The van der Waals surface area contributed by atoms with Crippen molar-refractivity contribution in [3.05, 3.63) is 134 Å². The first-order valence-corrected chi connectivity index (χ1v) is 26.2. The molecule has 6 heteroatoms. The number of esters is 3. The van der Waals surface area contributed by atoms with Crippen molar-refractivity contribution >= 4 is 17.9 Å². The SMILES string of the molecule is CC/C=C\C/C=C\C/C=C\C/C=C\C/C=C\CC(=O)OC(COC(=O)CCCCCCC/C=C\C/C=C\CCCC)COC(=O)CCCCCCCC/C=C\C/C=C\C/C=C\C/C=C\CC. The first-order chi connectivity index (χ1) is 32.5. The Labute approximate surface area is 405 Å². The monoisotopic (exact) mass is 911 g/mol. The zero-order chi connectivity index (χ0) is 47.9. The summed E-state index contributed by atoms with van der Waals surface area (Å²) in [5.41, 5.74) is 0. The third-order valence-electron chi connectivity index (χ3n) is 10.4. The first kappa shape index (κ1) is 61.5. The van der Waals surface area contributed by atoms with Gasteiger partial charge in [0.1, 0.15) is 13.2 Å². The molecule has 370 valence electrons. The maximum absolute atomic E-state index is 12.7. The van der Waals surface area contributed by atoms with Gasteiger partial charge in [0.2, 0.25) is 0 Å². The Morgan fingerprint density at radius 3 is 1.00 bits per heavy atom. The molecule has 0 radical (unpaired) electrons. The Hall–Kier alpha value is -4.45. The van der Waals surface area contributed by atoms with Crippen LogP contribution in [0.4, 0.5) is 0 Å². The minimum Gasteiger partial charge on any atom is -0.462 e. The van der Waals surface area contributed by atoms with Crippen molar-refractivity contribution in [1.82, 2.24) is 0 Å². The number of allylic oxidation sites excluding steroid dienone is 21. The predicted molar refractivity (Wildman–Crippen MR) is 283 cm³/mol. The summed E-state index contributed by atoms with van der Waals surface area (Å²) in [6.45, 7) is 6.24. The molecule has 1 unspecified atom stereocenters. The third kappa shape index (κ3) is 50.5. The fraction of sp³-hybridized carbons (Fsp3) is 0.583. The van der Waals surface area contributed by atoms with E-state index in [1.165, 1.54) is 32.1 Å². The van der Waals surface area contributed by atoms with Crippen molar-refractivity contribution in [3.63, 3.8) is 0 Å². The van der Waals surface area contributed by atoms with Crippen LogP contribution in [0.1, 0.15) is 207 Å². The Morgan fingerprint density at radius 2 is 0.636 bits per heavy atom. The maximum atomic E-state index is 12.7. The summed E-state index contributed by atoms with van der Waals surface area (Å²) < 4.78 is 16.7. The lowest BCUT2D eigenvalue weighted by atomic mass is 10.1. The average Bonchev–Trinajstić information content (AvgIpc) is 3.31. The highest BCUT2D eigenvalue weighted by molar-refractivity contribution is 5.72. The number of carbonyl (C=O) groups excluding carboxylic acids is 3. The van der Waals surface area contributed by atoms with Crippen LogP contribution in [0.2, 0.25) is 0 Å². The molecule has 0 amide bonds. The molecule has 6 nitrogen and oxygen atoms in total. The number of carbonyl (C=O) groups is 3. The Morgan fingerprint density at radius 1 is 0.333 bits per heavy atom. The number of hydrogen-bond acceptors (Lipinski definition) is 6. The highest BCUT2D eigenvalue weighted by atomic mass is 16.6. The average molecular weight is 911 g/mol. The molecule has 0 aromatic rings. The maximum Gasteiger partial charge on any atom is 0.310 e. The Kier molecular flexibility index (Phi) is 49.6. The van der Waals surface area contributed by atoms with Gasteiger partial charge in [0.15, 0.2) is 6.10 Å². The molecule has 0 N–H and O–H groups in total. The minimum atomic E-state index is -0.849. The molecule has 0 saturated heterocycles. The van der Waals surface area contributed by atoms with E-state index >= 15 is 0 Å². The molecule has 0 rings (SSSR count). The van der Waals surface area contributed by atoms with Gasteiger partial charge >= 0.3 is 17.9 Å². The summed E-state index contributed by atoms with van der Waals surface area (Å²) >= 11 is 0. The second-order valence-electron chi connectivity index (χ2n) is 16.7. The Bertz CT molecular complexity index is 1460. The summed E-state index contributed by atoms with van der Waals surface area (Å²) in [7, 11) is 0. The van der Waals surface area contributed by atoms with E-state index in [-0.39, 0.29) is 31.6 Å². The van der Waals surface area contributed by atoms with Crippen LogP contribution in [0.5, 0.6) is 0 Å². The third-order valence-corrected chi connectivity index (χ3v) is 10.4. The number of unbranched alkanes of at least 4 members (excludes halogenated alkanes) is 13. The highest BCUT2D eigenvalue weighted by Gasteiger charge is 2.19. The first-order valence-electron chi connectivity index (χ1n) is 26.2. The number of ether oxygens (including phenoxy) is 3. The van der Waals surface area contributed by atoms with Gasteiger partial charge in [-0.05, 0) is 109 Å². The molecule has 0 aromatic heterocycles. The van der Waals surface area contributed by atoms with Crippen molar-refractivity contribution < 1.29 is 28.6 Å². The van der Waals surface area contributed by atoms with E-state index in [0.717, 1.165) is 128 Å². The molecule has 1 atom stereocenters. The van der Waals surface area contributed by atoms with Gasteiger partial charge in [-0.15, -0.1) is 0 Å². The van der Waals surface area contributed by atoms with E-state index in [2.05, 4.69) is 142 Å². The van der Waals surface area contributed by atoms with Crippen molar-refractivity contribution in [3.8, 4) is 0 Å². The van der Waals surface area contributed by atoms with Gasteiger partial charge in [0.25, 0.3) is 0 Å². The topological polar surface area (TPSA) is 78.9 Å². The van der Waals surface area contributed by atoms with Gasteiger partial charge in [0, 0.05) is 12.8 Å². The van der Waals surface area contributed by atoms with Crippen LogP contribution in [-0.4, -0.2) is 37.2 Å². The molecule has 0 heterocycles. The van der Waals surface area contributed by atoms with Crippen LogP contribution in [0.25, 0.3) is 0 Å². The quantitative estimate of drug-likeness (QED) is 0.0262. The lowest BCUT2D eigenvalue weighted by Crippen LogP contribution is -2.30. The molecule has 0 saturated carbocycles. The van der Waals surface area contributed by atoms with Crippen molar-refractivity contribution in [2.24, 2.45) is 0 Å². The van der Waals surface area contributed by atoms with Crippen LogP contribution in [0.3, 0.4) is 0 Å². The van der Waals surface area contributed by atoms with Crippen molar-refractivity contribution in [2.45, 2.75) is 213 Å². The molecule has 0 aromatic carbocycles. The molecule has 0 aliphatic rings. The lowest BCUT2D eigenvalue weighted by molar-refractivity contribution is -0.166. The highest BCUT2D eigenvalue weighted by Crippen LogP contribution is 2.12. The standard InChI is InChI=1S/C60H94O6/c1-4-7-10-13-16-19-22-25-28-29-30-31-33-35-38-41-44-47-50-53-59(62)65-56-57(55-64-58(61)52-49-46-43-40-37-34-27-24-21-18-15-12-9-6-3)66-60(63)54-51-48-45-42-39-36-32-26-23-20-17-14-11-8-5-2/h7-8,10-11,15-20,24-28,30-32,39,42,48,51,57H,4-6,9,12-14,21-23,29,33-38,40-41,43-47,49-50,52-56H2,1-3H3/b10-7-,11-8-,18-15-,19-16-,20-17-,27-24-,28-25-,31-30-,32-26-,42-39-,51-48-. The van der Waals surface area contributed by atoms with Crippen LogP contribution < -0.4 is 0 Å². The molecular formula is C60H94O6. The van der Waals surface area contributed by atoms with E-state index in [4.69, 9.17) is 14.2 Å². The Balaban J connectivity index is 4.56. The molecule has 0 bridgehead atoms. The largest absolute Gasteiger partial charge is 0.462 e. The van der Waals surface area contributed by atoms with Crippen LogP contribution in [-0.2, 0) is 28.6 Å². The van der Waals surface area contributed by atoms with Crippen LogP contribution in [0, 0.1) is 0 Å². The van der Waals surface area contributed by atoms with Gasteiger partial charge in [-0.1, -0.05) is 212 Å². The van der Waals surface area contributed by atoms with Gasteiger partial charge in [-0.2, -0.15) is 0 Å². The van der Waals surface area contributed by atoms with E-state index in [9.17, 15) is 14.4 Å². The lowest BCUT2D eigenvalue weighted by Gasteiger charge is -2.18.